The number of H-pyrrole nitrogens is 1. The molecule has 1 unspecified atom stereocenters. The maximum absolute atomic E-state index is 13.4. The van der Waals surface area contributed by atoms with E-state index in [0.717, 1.165) is 17.1 Å². The van der Waals surface area contributed by atoms with Gasteiger partial charge in [-0.15, -0.1) is 23.1 Å². The number of benzene rings is 2. The number of hydrogen-bond donors (Lipinski definition) is 4. The summed E-state index contributed by atoms with van der Waals surface area (Å²) in [5.74, 6) is 0.475. The number of sulfonamides is 1. The maximum atomic E-state index is 13.4. The number of carbonyl (C=O) groups is 2. The van der Waals surface area contributed by atoms with Crippen LogP contribution in [0.5, 0.6) is 0 Å². The van der Waals surface area contributed by atoms with E-state index >= 15 is 0 Å². The average molecular weight is 642 g/mol. The Morgan fingerprint density at radius 2 is 1.81 bits per heavy atom. The average Bonchev–Trinajstić information content (AvgIpc) is 3.63. The molecule has 1 saturated heterocycles. The quantitative estimate of drug-likeness (QED) is 0.180. The first kappa shape index (κ1) is 30.9. The number of rotatable bonds is 11. The van der Waals surface area contributed by atoms with Crippen LogP contribution in [0.4, 0.5) is 10.5 Å². The van der Waals surface area contributed by atoms with Crippen molar-refractivity contribution in [1.29, 1.82) is 0 Å². The highest BCUT2D eigenvalue weighted by Gasteiger charge is 2.31. The fourth-order valence-electron chi connectivity index (χ4n) is 5.11. The van der Waals surface area contributed by atoms with Gasteiger partial charge in [0.1, 0.15) is 9.90 Å². The van der Waals surface area contributed by atoms with Crippen molar-refractivity contribution in [2.24, 2.45) is 0 Å². The first-order valence-electron chi connectivity index (χ1n) is 13.9. The Balaban J connectivity index is 1.30. The van der Waals surface area contributed by atoms with Gasteiger partial charge in [-0.05, 0) is 48.6 Å². The number of thioether (sulfide) groups is 1. The number of aromatic amines is 1. The molecule has 0 aliphatic carbocycles. The molecule has 1 atom stereocenters. The fourth-order valence-corrected chi connectivity index (χ4v) is 8.75. The predicted molar refractivity (Wildman–Crippen MR) is 173 cm³/mol. The topological polar surface area (TPSA) is 135 Å². The highest BCUT2D eigenvalue weighted by Crippen LogP contribution is 2.31. The number of fused-ring (bicyclic) bond motifs is 1. The van der Waals surface area contributed by atoms with E-state index < -0.39 is 16.1 Å². The van der Waals surface area contributed by atoms with Gasteiger partial charge in [0.15, 0.2) is 0 Å². The first-order chi connectivity index (χ1) is 20.5. The van der Waals surface area contributed by atoms with Crippen LogP contribution in [0.1, 0.15) is 28.5 Å². The van der Waals surface area contributed by atoms with Crippen LogP contribution in [0.2, 0.25) is 0 Å². The van der Waals surface area contributed by atoms with Gasteiger partial charge in [0.25, 0.3) is 15.9 Å². The zero-order valence-corrected chi connectivity index (χ0v) is 26.4. The summed E-state index contributed by atoms with van der Waals surface area (Å²) >= 11 is 2.91. The van der Waals surface area contributed by atoms with Crippen LogP contribution in [-0.4, -0.2) is 84.3 Å². The molecule has 1 fully saturated rings. The van der Waals surface area contributed by atoms with Crippen molar-refractivity contribution in [3.63, 3.8) is 0 Å². The highest BCUT2D eigenvalue weighted by molar-refractivity contribution is 8.00. The number of piperazine rings is 1. The lowest BCUT2D eigenvalue weighted by molar-refractivity contribution is 0.0921. The number of carbonyl (C=O) groups excluding carboxylic acids is 1. The molecule has 10 nitrogen and oxygen atoms in total. The van der Waals surface area contributed by atoms with Gasteiger partial charge in [-0.1, -0.05) is 42.5 Å². The number of aromatic nitrogens is 1. The minimum absolute atomic E-state index is 0.255. The van der Waals surface area contributed by atoms with E-state index in [1.807, 2.05) is 24.3 Å². The summed E-state index contributed by atoms with van der Waals surface area (Å²) in [4.78, 5) is 31.6. The molecular weight excluding hydrogens is 607 g/mol. The van der Waals surface area contributed by atoms with Crippen molar-refractivity contribution in [1.82, 2.24) is 20.1 Å². The summed E-state index contributed by atoms with van der Waals surface area (Å²) < 4.78 is 28.6. The second-order valence-electron chi connectivity index (χ2n) is 10.9. The van der Waals surface area contributed by atoms with Gasteiger partial charge in [-0.2, -0.15) is 0 Å². The lowest BCUT2D eigenvalue weighted by atomic mass is 10.1. The third-order valence-corrected chi connectivity index (χ3v) is 12.0. The Labute approximate surface area is 259 Å². The number of anilines is 1. The van der Waals surface area contributed by atoms with Crippen molar-refractivity contribution >= 4 is 61.7 Å². The van der Waals surface area contributed by atoms with Crippen molar-refractivity contribution in [2.45, 2.75) is 28.6 Å². The number of hydrogen-bond acceptors (Lipinski definition) is 7. The van der Waals surface area contributed by atoms with E-state index in [2.05, 4.69) is 39.0 Å². The van der Waals surface area contributed by atoms with Crippen LogP contribution in [0.15, 0.2) is 70.3 Å². The Morgan fingerprint density at radius 3 is 2.49 bits per heavy atom. The minimum atomic E-state index is -3.78. The summed E-state index contributed by atoms with van der Waals surface area (Å²) in [5.41, 5.74) is 3.09. The van der Waals surface area contributed by atoms with Crippen LogP contribution in [0.25, 0.3) is 10.9 Å². The summed E-state index contributed by atoms with van der Waals surface area (Å²) in [6.45, 7) is 7.11. The van der Waals surface area contributed by atoms with Gasteiger partial charge in [-0.25, -0.2) is 13.2 Å². The second-order valence-corrected chi connectivity index (χ2v) is 15.3. The van der Waals surface area contributed by atoms with Gasteiger partial charge in [0.05, 0.1) is 11.2 Å². The SMILES string of the molecule is Cc1ccsc1S(=O)(=O)Nc1cccc2cc(C(=O)NCC(C)(CN3CCN(C(=O)O)CC3)SCc3ccccc3)[nH]c12. The molecule has 13 heteroatoms. The zero-order valence-electron chi connectivity index (χ0n) is 24.0. The van der Waals surface area contributed by atoms with Gasteiger partial charge in [-0.3, -0.25) is 14.4 Å². The monoisotopic (exact) mass is 641 g/mol. The summed E-state index contributed by atoms with van der Waals surface area (Å²) in [7, 11) is -3.78. The van der Waals surface area contributed by atoms with Crippen molar-refractivity contribution in [3.05, 3.63) is 82.9 Å². The van der Waals surface area contributed by atoms with E-state index in [4.69, 9.17) is 0 Å². The van der Waals surface area contributed by atoms with Crippen molar-refractivity contribution in [2.75, 3.05) is 44.0 Å². The van der Waals surface area contributed by atoms with Gasteiger partial charge in [0.2, 0.25) is 0 Å². The molecule has 2 amide bonds. The first-order valence-corrected chi connectivity index (χ1v) is 17.2. The van der Waals surface area contributed by atoms with Gasteiger partial charge >= 0.3 is 6.09 Å². The number of amides is 2. The van der Waals surface area contributed by atoms with Crippen LogP contribution in [0, 0.1) is 6.92 Å². The molecule has 3 heterocycles. The summed E-state index contributed by atoms with van der Waals surface area (Å²) in [6, 6.07) is 18.9. The van der Waals surface area contributed by atoms with Gasteiger partial charge in [0, 0.05) is 55.2 Å². The molecule has 0 spiro atoms. The van der Waals surface area contributed by atoms with E-state index in [9.17, 15) is 23.1 Å². The summed E-state index contributed by atoms with van der Waals surface area (Å²) in [6.07, 6.45) is -0.899. The number of nitrogens with one attached hydrogen (secondary N) is 3. The molecule has 228 valence electrons. The van der Waals surface area contributed by atoms with E-state index in [1.165, 1.54) is 10.5 Å². The molecule has 2 aromatic carbocycles. The Morgan fingerprint density at radius 1 is 1.07 bits per heavy atom. The van der Waals surface area contributed by atoms with Crippen LogP contribution >= 0.6 is 23.1 Å². The van der Waals surface area contributed by atoms with Crippen LogP contribution in [-0.2, 0) is 15.8 Å². The normalized spacial score (nSPS) is 15.7. The fraction of sp³-hybridized carbons (Fsp3) is 0.333. The Kier molecular flexibility index (Phi) is 9.35. The molecule has 0 radical (unpaired) electrons. The highest BCUT2D eigenvalue weighted by atomic mass is 32.2. The summed E-state index contributed by atoms with van der Waals surface area (Å²) in [5, 5.41) is 14.9. The Hall–Kier alpha value is -3.52. The van der Waals surface area contributed by atoms with Crippen LogP contribution in [0.3, 0.4) is 0 Å². The number of nitrogens with zero attached hydrogens (tertiary/aromatic N) is 2. The Bertz CT molecular complexity index is 1700. The van der Waals surface area contributed by atoms with Crippen molar-refractivity contribution < 1.29 is 23.1 Å². The predicted octanol–water partition coefficient (Wildman–Crippen LogP) is 5.06. The molecule has 0 saturated carbocycles. The minimum Gasteiger partial charge on any atom is -0.465 e. The maximum Gasteiger partial charge on any atom is 0.407 e. The molecule has 1 aliphatic rings. The number of aryl methyl sites for hydroxylation is 1. The number of carboxylic acid groups (broad SMARTS) is 1. The molecule has 43 heavy (non-hydrogen) atoms. The third kappa shape index (κ3) is 7.53. The molecule has 4 aromatic rings. The van der Waals surface area contributed by atoms with E-state index in [0.29, 0.717) is 67.1 Å². The molecule has 5 rings (SSSR count). The molecular formula is C30H35N5O5S3. The molecule has 1 aliphatic heterocycles. The lowest BCUT2D eigenvalue weighted by Crippen LogP contribution is -2.53. The molecule has 2 aromatic heterocycles. The largest absolute Gasteiger partial charge is 0.465 e. The zero-order chi connectivity index (χ0) is 30.6. The lowest BCUT2D eigenvalue weighted by Gasteiger charge is -2.39. The van der Waals surface area contributed by atoms with E-state index in [1.54, 1.807) is 48.3 Å². The van der Waals surface area contributed by atoms with Crippen LogP contribution < -0.4 is 10.0 Å². The number of para-hydroxylation sites is 1. The van der Waals surface area contributed by atoms with E-state index in [-0.39, 0.29) is 14.9 Å². The smallest absolute Gasteiger partial charge is 0.407 e. The van der Waals surface area contributed by atoms with Gasteiger partial charge < -0.3 is 20.3 Å². The standard InChI is InChI=1S/C30H35N5O5S3/c1-21-11-16-41-28(21)43(39,40)33-24-10-6-9-23-17-25(32-26(23)24)27(36)31-19-30(2,42-18-22-7-4-3-5-8-22)20-34-12-14-35(15-13-34)29(37)38/h3-11,16-17,32-33H,12-15,18-20H2,1-2H3,(H,31,36)(H,37,38). The second kappa shape index (κ2) is 13.0. The van der Waals surface area contributed by atoms with Crippen molar-refractivity contribution in [3.8, 4) is 0 Å². The third-order valence-electron chi connectivity index (χ3n) is 7.46. The molecule has 0 bridgehead atoms. The number of thiophene rings is 1. The molecule has 4 N–H and O–H groups in total.